The van der Waals surface area contributed by atoms with E-state index >= 15 is 0 Å². The Balaban J connectivity index is 2.20. The molecular weight excluding hydrogens is 319 g/mol. The van der Waals surface area contributed by atoms with Gasteiger partial charge in [-0.15, -0.1) is 12.6 Å². The van der Waals surface area contributed by atoms with E-state index in [0.717, 1.165) is 0 Å². The van der Waals surface area contributed by atoms with E-state index in [1.54, 1.807) is 4.57 Å². The highest BCUT2D eigenvalue weighted by molar-refractivity contribution is 7.80. The van der Waals surface area contributed by atoms with Crippen molar-refractivity contribution in [3.8, 4) is 0 Å². The second kappa shape index (κ2) is 6.82. The van der Waals surface area contributed by atoms with Crippen LogP contribution in [0.4, 0.5) is 0 Å². The molecule has 1 unspecified atom stereocenters. The molecule has 9 nitrogen and oxygen atoms in total. The number of aromatic nitrogens is 4. The zero-order chi connectivity index (χ0) is 15.5. The van der Waals surface area contributed by atoms with Gasteiger partial charge in [0.15, 0.2) is 5.65 Å². The van der Waals surface area contributed by atoms with Crippen LogP contribution in [0.2, 0.25) is 0 Å². The molecule has 0 aliphatic heterocycles. The Hall–Kier alpha value is -1.03. The van der Waals surface area contributed by atoms with Crippen LogP contribution in [0.1, 0.15) is 12.5 Å². The average molecular weight is 334 g/mol. The van der Waals surface area contributed by atoms with E-state index < -0.39 is 13.9 Å². The van der Waals surface area contributed by atoms with E-state index in [4.69, 9.17) is 19.6 Å². The minimum absolute atomic E-state index is 0.0169. The first-order chi connectivity index (χ1) is 9.92. The maximum atomic E-state index is 10.8. The number of hydrogen-bond acceptors (Lipinski definition) is 7. The smallest absolute Gasteiger partial charge is 0.350 e. The van der Waals surface area contributed by atoms with E-state index in [0.29, 0.717) is 22.6 Å². The van der Waals surface area contributed by atoms with Crippen LogP contribution in [0.25, 0.3) is 11.2 Å². The van der Waals surface area contributed by atoms with Crippen molar-refractivity contribution in [1.82, 2.24) is 19.5 Å². The normalized spacial score (nSPS) is 13.7. The fourth-order valence-corrected chi connectivity index (χ4v) is 2.42. The molecule has 0 fully saturated rings. The lowest BCUT2D eigenvalue weighted by molar-refractivity contribution is 0.112. The van der Waals surface area contributed by atoms with Crippen LogP contribution in [0.5, 0.6) is 0 Å². The fourth-order valence-electron chi connectivity index (χ4n) is 1.87. The van der Waals surface area contributed by atoms with Gasteiger partial charge in [-0.3, -0.25) is 4.57 Å². The molecule has 0 radical (unpaired) electrons. The van der Waals surface area contributed by atoms with Crippen LogP contribution in [-0.4, -0.2) is 54.0 Å². The summed E-state index contributed by atoms with van der Waals surface area (Å²) in [4.78, 5) is 29.7. The van der Waals surface area contributed by atoms with Crippen molar-refractivity contribution in [3.63, 3.8) is 0 Å². The lowest BCUT2D eigenvalue weighted by Crippen LogP contribution is -2.17. The van der Waals surface area contributed by atoms with Gasteiger partial charge in [-0.05, 0) is 6.42 Å². The quantitative estimate of drug-likeness (QED) is 0.321. The molecule has 2 heterocycles. The second-order valence-corrected chi connectivity index (χ2v) is 6.36. The lowest BCUT2D eigenvalue weighted by Gasteiger charge is -2.18. The van der Waals surface area contributed by atoms with Gasteiger partial charge in [0, 0.05) is 6.61 Å². The third kappa shape index (κ3) is 4.22. The van der Waals surface area contributed by atoms with Crippen molar-refractivity contribution in [1.29, 1.82) is 0 Å². The maximum absolute atomic E-state index is 10.8. The lowest BCUT2D eigenvalue weighted by atomic mass is 10.2. The van der Waals surface area contributed by atoms with Crippen molar-refractivity contribution in [2.75, 3.05) is 19.6 Å². The summed E-state index contributed by atoms with van der Waals surface area (Å²) in [6.45, 7) is -0.0918. The molecule has 0 bridgehead atoms. The summed E-state index contributed by atoms with van der Waals surface area (Å²) >= 11 is 4.18. The molecule has 2 rings (SSSR count). The zero-order valence-corrected chi connectivity index (χ0v) is 12.7. The molecule has 0 aromatic carbocycles. The molecule has 3 N–H and O–H groups in total. The van der Waals surface area contributed by atoms with E-state index in [2.05, 4.69) is 27.6 Å². The topological polar surface area (TPSA) is 131 Å². The van der Waals surface area contributed by atoms with Crippen molar-refractivity contribution in [2.24, 2.45) is 0 Å². The first kappa shape index (κ1) is 16.3. The van der Waals surface area contributed by atoms with Crippen LogP contribution in [0, 0.1) is 0 Å². The highest BCUT2D eigenvalue weighted by Gasteiger charge is 2.19. The van der Waals surface area contributed by atoms with Crippen molar-refractivity contribution in [2.45, 2.75) is 17.5 Å². The Bertz CT molecular complexity index is 660. The molecule has 0 spiro atoms. The monoisotopic (exact) mass is 334 g/mol. The van der Waals surface area contributed by atoms with Crippen LogP contribution >= 0.6 is 20.2 Å². The Morgan fingerprint density at radius 2 is 2.14 bits per heavy atom. The molecule has 0 saturated carbocycles. The number of hydrogen-bond donors (Lipinski definition) is 4. The van der Waals surface area contributed by atoms with Gasteiger partial charge < -0.3 is 24.2 Å². The van der Waals surface area contributed by atoms with E-state index in [1.807, 2.05) is 0 Å². The minimum Gasteiger partial charge on any atom is -0.396 e. The van der Waals surface area contributed by atoms with Gasteiger partial charge in [-0.2, -0.15) is 0 Å². The van der Waals surface area contributed by atoms with Crippen LogP contribution in [0.3, 0.4) is 0 Å². The van der Waals surface area contributed by atoms with Crippen LogP contribution in [-0.2, 0) is 9.30 Å². The summed E-state index contributed by atoms with van der Waals surface area (Å²) in [5, 5.41) is 9.56. The first-order valence-corrected chi connectivity index (χ1v) is 8.26. The van der Waals surface area contributed by atoms with Gasteiger partial charge in [-0.25, -0.2) is 15.0 Å². The maximum Gasteiger partial charge on any atom is 0.350 e. The van der Waals surface area contributed by atoms with Crippen molar-refractivity contribution >= 4 is 31.4 Å². The predicted octanol–water partition coefficient (Wildman–Crippen LogP) is 0.190. The number of aliphatic hydroxyl groups excluding tert-OH is 1. The van der Waals surface area contributed by atoms with E-state index in [-0.39, 0.29) is 19.3 Å². The SMILES string of the molecule is O=P(O)(O)COCC(CCO)n1cnc2c(S)ncnc21. The molecule has 2 aromatic heterocycles. The van der Waals surface area contributed by atoms with E-state index in [1.165, 1.54) is 12.7 Å². The highest BCUT2D eigenvalue weighted by Crippen LogP contribution is 2.34. The van der Waals surface area contributed by atoms with Gasteiger partial charge in [0.1, 0.15) is 23.2 Å². The third-order valence-corrected chi connectivity index (χ3v) is 3.61. The number of imidazole rings is 1. The molecule has 0 saturated heterocycles. The van der Waals surface area contributed by atoms with Crippen LogP contribution < -0.4 is 0 Å². The Kier molecular flexibility index (Phi) is 5.31. The number of nitrogens with zero attached hydrogens (tertiary/aromatic N) is 4. The average Bonchev–Trinajstić information content (AvgIpc) is 2.81. The molecule has 11 heteroatoms. The van der Waals surface area contributed by atoms with Crippen LogP contribution in [0.15, 0.2) is 17.7 Å². The molecular formula is C10H15N4O5PS. The number of fused-ring (bicyclic) bond motifs is 1. The number of aliphatic hydroxyl groups is 1. The molecule has 0 amide bonds. The summed E-state index contributed by atoms with van der Waals surface area (Å²) < 4.78 is 17.5. The van der Waals surface area contributed by atoms with E-state index in [9.17, 15) is 4.57 Å². The molecule has 1 atom stereocenters. The number of ether oxygens (including phenoxy) is 1. The summed E-state index contributed by atoms with van der Waals surface area (Å²) in [6.07, 6.45) is 2.52. The van der Waals surface area contributed by atoms with Gasteiger partial charge >= 0.3 is 7.60 Å². The molecule has 21 heavy (non-hydrogen) atoms. The fraction of sp³-hybridized carbons (Fsp3) is 0.500. The molecule has 116 valence electrons. The molecule has 0 aliphatic rings. The first-order valence-electron chi connectivity index (χ1n) is 6.02. The summed E-state index contributed by atoms with van der Waals surface area (Å²) in [7, 11) is -4.22. The zero-order valence-electron chi connectivity index (χ0n) is 10.9. The number of rotatable bonds is 7. The largest absolute Gasteiger partial charge is 0.396 e. The predicted molar refractivity (Wildman–Crippen MR) is 76.2 cm³/mol. The third-order valence-electron chi connectivity index (χ3n) is 2.76. The van der Waals surface area contributed by atoms with Gasteiger partial charge in [0.25, 0.3) is 0 Å². The van der Waals surface area contributed by atoms with Gasteiger partial charge in [0.05, 0.1) is 19.0 Å². The summed E-state index contributed by atoms with van der Waals surface area (Å²) in [5.41, 5.74) is 1.03. The van der Waals surface area contributed by atoms with Crippen molar-refractivity contribution < 1.29 is 24.2 Å². The molecule has 0 aliphatic carbocycles. The highest BCUT2D eigenvalue weighted by atomic mass is 32.1. The second-order valence-electron chi connectivity index (χ2n) is 4.35. The Morgan fingerprint density at radius 1 is 1.38 bits per heavy atom. The van der Waals surface area contributed by atoms with Gasteiger partial charge in [0.2, 0.25) is 0 Å². The Labute approximate surface area is 125 Å². The standard InChI is InChI=1S/C10H15N4O5PS/c15-2-1-7(3-19-6-20(16,17)18)14-5-13-8-9(14)11-4-12-10(8)21/h4-5,7,15H,1-3,6H2,(H,11,12,21)(H2,16,17,18). The van der Waals surface area contributed by atoms with Crippen molar-refractivity contribution in [3.05, 3.63) is 12.7 Å². The molecule has 2 aromatic rings. The Morgan fingerprint density at radius 3 is 2.81 bits per heavy atom. The summed E-state index contributed by atoms with van der Waals surface area (Å²) in [6, 6.07) is -0.353. The number of thiol groups is 1. The van der Waals surface area contributed by atoms with Gasteiger partial charge in [-0.1, -0.05) is 0 Å². The minimum atomic E-state index is -4.22. The summed E-state index contributed by atoms with van der Waals surface area (Å²) in [5.74, 6) is 0.